The summed E-state index contributed by atoms with van der Waals surface area (Å²) in [5, 5.41) is 2.98. The monoisotopic (exact) mass is 278 g/mol. The van der Waals surface area contributed by atoms with Gasteiger partial charge in [0.05, 0.1) is 14.2 Å². The van der Waals surface area contributed by atoms with Crippen LogP contribution in [0.15, 0.2) is 24.3 Å². The number of methoxy groups -OCH3 is 2. The lowest BCUT2D eigenvalue weighted by Gasteiger charge is -2.07. The van der Waals surface area contributed by atoms with Gasteiger partial charge in [0.15, 0.2) is 0 Å². The van der Waals surface area contributed by atoms with Crippen molar-refractivity contribution in [3.63, 3.8) is 0 Å². The minimum Gasteiger partial charge on any atom is -0.467 e. The van der Waals surface area contributed by atoms with E-state index >= 15 is 0 Å². The van der Waals surface area contributed by atoms with E-state index in [1.807, 2.05) is 0 Å². The lowest BCUT2D eigenvalue weighted by Crippen LogP contribution is -2.10. The Morgan fingerprint density at radius 2 is 1.70 bits per heavy atom. The maximum Gasteiger partial charge on any atom is 0.324 e. The number of benzene rings is 1. The molecule has 106 valence electrons. The van der Waals surface area contributed by atoms with Crippen molar-refractivity contribution in [3.05, 3.63) is 35.6 Å². The minimum absolute atomic E-state index is 0.158. The van der Waals surface area contributed by atoms with E-state index in [4.69, 9.17) is 9.47 Å². The van der Waals surface area contributed by atoms with Crippen LogP contribution in [0.1, 0.15) is 5.56 Å². The summed E-state index contributed by atoms with van der Waals surface area (Å²) in [6.07, 6.45) is 0.517. The van der Waals surface area contributed by atoms with Crippen LogP contribution in [0.3, 0.4) is 0 Å². The molecule has 0 radical (unpaired) electrons. The molecule has 0 aliphatic carbocycles. The Bertz CT molecular complexity index is 558. The van der Waals surface area contributed by atoms with Crippen molar-refractivity contribution >= 4 is 5.95 Å². The maximum absolute atomic E-state index is 13.4. The molecule has 0 spiro atoms. The van der Waals surface area contributed by atoms with Crippen molar-refractivity contribution in [2.24, 2.45) is 0 Å². The lowest BCUT2D eigenvalue weighted by molar-refractivity contribution is 0.341. The summed E-state index contributed by atoms with van der Waals surface area (Å²) >= 11 is 0. The molecule has 0 saturated carbocycles. The van der Waals surface area contributed by atoms with Gasteiger partial charge in [-0.2, -0.15) is 9.97 Å². The zero-order valence-electron chi connectivity index (χ0n) is 11.3. The van der Waals surface area contributed by atoms with Crippen molar-refractivity contribution in [1.82, 2.24) is 15.0 Å². The molecule has 2 aromatic rings. The summed E-state index contributed by atoms with van der Waals surface area (Å²) < 4.78 is 23.3. The highest BCUT2D eigenvalue weighted by Crippen LogP contribution is 2.12. The van der Waals surface area contributed by atoms with Crippen LogP contribution in [-0.2, 0) is 6.42 Å². The third-order valence-electron chi connectivity index (χ3n) is 2.59. The van der Waals surface area contributed by atoms with E-state index in [0.29, 0.717) is 24.5 Å². The Morgan fingerprint density at radius 1 is 1.05 bits per heavy atom. The van der Waals surface area contributed by atoms with Crippen LogP contribution in [0.5, 0.6) is 12.0 Å². The van der Waals surface area contributed by atoms with Crippen LogP contribution in [0.25, 0.3) is 0 Å². The van der Waals surface area contributed by atoms with Gasteiger partial charge in [0.2, 0.25) is 5.95 Å². The summed E-state index contributed by atoms with van der Waals surface area (Å²) in [4.78, 5) is 11.9. The fourth-order valence-electron chi connectivity index (χ4n) is 1.61. The predicted molar refractivity (Wildman–Crippen MR) is 71.5 cm³/mol. The van der Waals surface area contributed by atoms with E-state index in [1.165, 1.54) is 20.3 Å². The molecule has 1 aromatic heterocycles. The number of nitrogens with zero attached hydrogens (tertiary/aromatic N) is 3. The Hall–Kier alpha value is -2.44. The first kappa shape index (κ1) is 14.0. The van der Waals surface area contributed by atoms with Crippen molar-refractivity contribution in [2.45, 2.75) is 6.42 Å². The third kappa shape index (κ3) is 3.53. The zero-order chi connectivity index (χ0) is 14.4. The molecular weight excluding hydrogens is 263 g/mol. The third-order valence-corrected chi connectivity index (χ3v) is 2.59. The number of anilines is 1. The molecule has 0 aliphatic rings. The van der Waals surface area contributed by atoms with Gasteiger partial charge >= 0.3 is 12.0 Å². The molecule has 7 heteroatoms. The van der Waals surface area contributed by atoms with E-state index < -0.39 is 0 Å². The van der Waals surface area contributed by atoms with Crippen molar-refractivity contribution < 1.29 is 13.9 Å². The minimum atomic E-state index is -0.222. The van der Waals surface area contributed by atoms with Crippen LogP contribution in [0, 0.1) is 5.82 Å². The molecule has 1 heterocycles. The molecule has 1 N–H and O–H groups in total. The van der Waals surface area contributed by atoms with Gasteiger partial charge in [-0.1, -0.05) is 18.2 Å². The summed E-state index contributed by atoms with van der Waals surface area (Å²) in [7, 11) is 2.91. The van der Waals surface area contributed by atoms with E-state index in [9.17, 15) is 4.39 Å². The van der Waals surface area contributed by atoms with Gasteiger partial charge in [-0.05, 0) is 18.1 Å². The molecule has 0 atom stereocenters. The average Bonchev–Trinajstić information content (AvgIpc) is 2.48. The van der Waals surface area contributed by atoms with Crippen LogP contribution >= 0.6 is 0 Å². The molecule has 0 saturated heterocycles. The molecule has 0 aliphatic heterocycles. The van der Waals surface area contributed by atoms with Gasteiger partial charge in [-0.3, -0.25) is 0 Å². The zero-order valence-corrected chi connectivity index (χ0v) is 11.3. The summed E-state index contributed by atoms with van der Waals surface area (Å²) in [6, 6.07) is 6.95. The highest BCUT2D eigenvalue weighted by Gasteiger charge is 2.07. The Balaban J connectivity index is 1.99. The molecular formula is C13H15FN4O2. The SMILES string of the molecule is COc1nc(NCCc2ccccc2F)nc(OC)n1. The van der Waals surface area contributed by atoms with E-state index in [2.05, 4.69) is 20.3 Å². The molecule has 2 rings (SSSR count). The highest BCUT2D eigenvalue weighted by atomic mass is 19.1. The van der Waals surface area contributed by atoms with Gasteiger partial charge in [0.25, 0.3) is 0 Å². The number of hydrogen-bond donors (Lipinski definition) is 1. The Morgan fingerprint density at radius 3 is 2.30 bits per heavy atom. The van der Waals surface area contributed by atoms with Gasteiger partial charge in [-0.15, -0.1) is 4.98 Å². The molecule has 0 bridgehead atoms. The molecule has 6 nitrogen and oxygen atoms in total. The molecule has 1 aromatic carbocycles. The number of rotatable bonds is 6. The quantitative estimate of drug-likeness (QED) is 0.867. The fourth-order valence-corrected chi connectivity index (χ4v) is 1.61. The van der Waals surface area contributed by atoms with Crippen LogP contribution in [-0.4, -0.2) is 35.7 Å². The second kappa shape index (κ2) is 6.65. The number of aromatic nitrogens is 3. The molecule has 20 heavy (non-hydrogen) atoms. The standard InChI is InChI=1S/C13H15FN4O2/c1-19-12-16-11(17-13(18-12)20-2)15-8-7-9-5-3-4-6-10(9)14/h3-6H,7-8H2,1-2H3,(H,15,16,17,18). The Labute approximate surface area is 116 Å². The van der Waals surface area contributed by atoms with E-state index in [-0.39, 0.29) is 17.8 Å². The first-order valence-electron chi connectivity index (χ1n) is 6.04. The maximum atomic E-state index is 13.4. The number of hydrogen-bond acceptors (Lipinski definition) is 6. The van der Waals surface area contributed by atoms with Crippen molar-refractivity contribution in [2.75, 3.05) is 26.1 Å². The molecule has 0 amide bonds. The van der Waals surface area contributed by atoms with Crippen molar-refractivity contribution in [3.8, 4) is 12.0 Å². The second-order valence-electron chi connectivity index (χ2n) is 3.90. The van der Waals surface area contributed by atoms with E-state index in [0.717, 1.165) is 0 Å². The molecule has 0 unspecified atom stereocenters. The van der Waals surface area contributed by atoms with Crippen LogP contribution in [0.4, 0.5) is 10.3 Å². The first-order chi connectivity index (χ1) is 9.72. The van der Waals surface area contributed by atoms with Crippen molar-refractivity contribution in [1.29, 1.82) is 0 Å². The first-order valence-corrected chi connectivity index (χ1v) is 6.04. The fraction of sp³-hybridized carbons (Fsp3) is 0.308. The highest BCUT2D eigenvalue weighted by molar-refractivity contribution is 5.28. The average molecular weight is 278 g/mol. The summed E-state index contributed by atoms with van der Waals surface area (Å²) in [5.41, 5.74) is 0.632. The van der Waals surface area contributed by atoms with Crippen LogP contribution < -0.4 is 14.8 Å². The largest absolute Gasteiger partial charge is 0.467 e. The van der Waals surface area contributed by atoms with Gasteiger partial charge < -0.3 is 14.8 Å². The smallest absolute Gasteiger partial charge is 0.324 e. The molecule has 0 fully saturated rings. The van der Waals surface area contributed by atoms with Gasteiger partial charge in [0, 0.05) is 6.54 Å². The lowest BCUT2D eigenvalue weighted by atomic mass is 10.1. The second-order valence-corrected chi connectivity index (χ2v) is 3.90. The van der Waals surface area contributed by atoms with Crippen LogP contribution in [0.2, 0.25) is 0 Å². The summed E-state index contributed by atoms with van der Waals surface area (Å²) in [6.45, 7) is 0.483. The predicted octanol–water partition coefficient (Wildman–Crippen LogP) is 1.68. The number of nitrogens with one attached hydrogen (secondary N) is 1. The topological polar surface area (TPSA) is 69.2 Å². The number of ether oxygens (including phenoxy) is 2. The Kier molecular flexibility index (Phi) is 4.65. The van der Waals surface area contributed by atoms with Gasteiger partial charge in [0.1, 0.15) is 5.82 Å². The normalized spacial score (nSPS) is 10.2. The summed E-state index contributed by atoms with van der Waals surface area (Å²) in [5.74, 6) is 0.102. The van der Waals surface area contributed by atoms with Gasteiger partial charge in [-0.25, -0.2) is 4.39 Å². The van der Waals surface area contributed by atoms with E-state index in [1.54, 1.807) is 18.2 Å². The number of halogens is 1.